The molecular formula is C23H27F3N4O. The summed E-state index contributed by atoms with van der Waals surface area (Å²) in [6, 6.07) is 7.34. The lowest BCUT2D eigenvalue weighted by atomic mass is 10.0. The molecule has 2 aliphatic rings. The summed E-state index contributed by atoms with van der Waals surface area (Å²) in [5, 5.41) is 2.59. The second-order valence-electron chi connectivity index (χ2n) is 8.66. The van der Waals surface area contributed by atoms with Crippen molar-refractivity contribution in [2.24, 2.45) is 0 Å². The van der Waals surface area contributed by atoms with E-state index in [0.29, 0.717) is 24.7 Å². The summed E-state index contributed by atoms with van der Waals surface area (Å²) >= 11 is 0. The van der Waals surface area contributed by atoms with Crippen molar-refractivity contribution in [1.29, 1.82) is 0 Å². The second kappa shape index (κ2) is 8.51. The zero-order chi connectivity index (χ0) is 22.3. The van der Waals surface area contributed by atoms with Gasteiger partial charge in [-0.3, -0.25) is 9.69 Å². The Bertz CT molecular complexity index is 991. The fourth-order valence-corrected chi connectivity index (χ4v) is 4.25. The number of rotatable bonds is 5. The smallest absolute Gasteiger partial charge is 0.256 e. The number of likely N-dealkylation sites (tertiary alicyclic amines) is 2. The number of anilines is 2. The van der Waals surface area contributed by atoms with Crippen LogP contribution in [0.4, 0.5) is 24.5 Å². The summed E-state index contributed by atoms with van der Waals surface area (Å²) in [4.78, 5) is 19.3. The number of amides is 1. The molecule has 2 aliphatic heterocycles. The first-order valence-electron chi connectivity index (χ1n) is 10.5. The Morgan fingerprint density at radius 3 is 2.45 bits per heavy atom. The number of halogens is 3. The topological polar surface area (TPSA) is 38.8 Å². The summed E-state index contributed by atoms with van der Waals surface area (Å²) in [6.07, 6.45) is 1.09. The fraction of sp³-hybridized carbons (Fsp3) is 0.435. The van der Waals surface area contributed by atoms with E-state index < -0.39 is 23.4 Å². The number of aryl methyl sites for hydroxylation is 1. The van der Waals surface area contributed by atoms with Gasteiger partial charge in [-0.15, -0.1) is 0 Å². The molecule has 0 aliphatic carbocycles. The highest BCUT2D eigenvalue weighted by Gasteiger charge is 2.39. The molecule has 0 saturated carbocycles. The van der Waals surface area contributed by atoms with E-state index in [0.717, 1.165) is 25.6 Å². The Kier molecular flexibility index (Phi) is 5.94. The number of carbonyl (C=O) groups excluding carboxylic acids is 1. The minimum atomic E-state index is -1.20. The molecule has 1 atom stereocenters. The third-order valence-corrected chi connectivity index (χ3v) is 6.30. The number of hydrogen-bond acceptors (Lipinski definition) is 4. The van der Waals surface area contributed by atoms with Crippen LogP contribution in [0, 0.1) is 24.4 Å². The van der Waals surface area contributed by atoms with E-state index in [9.17, 15) is 18.0 Å². The number of nitrogens with one attached hydrogen (secondary N) is 1. The SMILES string of the molecule is Cc1ccc(Nc2c(C(=O)N3CC(N4CCC(N(C)C)C4)C3)ccc(F)c2F)c(F)c1. The number of benzene rings is 2. The van der Waals surface area contributed by atoms with Gasteiger partial charge in [0.05, 0.1) is 16.9 Å². The number of hydrogen-bond donors (Lipinski definition) is 1. The van der Waals surface area contributed by atoms with Crippen molar-refractivity contribution in [3.63, 3.8) is 0 Å². The van der Waals surface area contributed by atoms with Crippen LogP contribution in [0.5, 0.6) is 0 Å². The van der Waals surface area contributed by atoms with Crippen LogP contribution in [0.2, 0.25) is 0 Å². The molecule has 5 nitrogen and oxygen atoms in total. The van der Waals surface area contributed by atoms with Crippen LogP contribution < -0.4 is 5.32 Å². The van der Waals surface area contributed by atoms with Crippen LogP contribution in [-0.2, 0) is 0 Å². The minimum Gasteiger partial charge on any atom is -0.350 e. The first-order valence-corrected chi connectivity index (χ1v) is 10.5. The van der Waals surface area contributed by atoms with Crippen molar-refractivity contribution in [3.05, 3.63) is 58.9 Å². The average molecular weight is 432 g/mol. The van der Waals surface area contributed by atoms with Crippen molar-refractivity contribution in [2.45, 2.75) is 25.4 Å². The number of carbonyl (C=O) groups is 1. The maximum absolute atomic E-state index is 14.6. The van der Waals surface area contributed by atoms with Gasteiger partial charge < -0.3 is 15.1 Å². The Morgan fingerprint density at radius 1 is 1.06 bits per heavy atom. The second-order valence-corrected chi connectivity index (χ2v) is 8.66. The van der Waals surface area contributed by atoms with Crippen LogP contribution in [-0.4, -0.2) is 73.0 Å². The monoisotopic (exact) mass is 432 g/mol. The summed E-state index contributed by atoms with van der Waals surface area (Å²) in [6.45, 7) is 4.75. The van der Waals surface area contributed by atoms with E-state index in [1.807, 2.05) is 0 Å². The number of likely N-dealkylation sites (N-methyl/N-ethyl adjacent to an activating group) is 1. The Labute approximate surface area is 180 Å². The standard InChI is InChI=1S/C23H27F3N4O/c1-14-4-7-20(19(25)10-14)27-22-17(5-6-18(24)21(22)26)23(31)30-12-16(13-30)29-9-8-15(11-29)28(2)3/h4-7,10,15-16,27H,8-9,11-13H2,1-3H3. The van der Waals surface area contributed by atoms with Gasteiger partial charge in [0.1, 0.15) is 5.82 Å². The highest BCUT2D eigenvalue weighted by atomic mass is 19.2. The number of nitrogens with zero attached hydrogens (tertiary/aromatic N) is 3. The van der Waals surface area contributed by atoms with Gasteiger partial charge in [-0.25, -0.2) is 13.2 Å². The molecule has 2 aromatic carbocycles. The summed E-state index contributed by atoms with van der Waals surface area (Å²) in [5.41, 5.74) is 0.330. The van der Waals surface area contributed by atoms with Crippen LogP contribution in [0.15, 0.2) is 30.3 Å². The maximum atomic E-state index is 14.6. The molecule has 1 N–H and O–H groups in total. The van der Waals surface area contributed by atoms with E-state index in [1.165, 1.54) is 18.2 Å². The van der Waals surface area contributed by atoms with Gasteiger partial charge in [0, 0.05) is 38.3 Å². The lowest BCUT2D eigenvalue weighted by Crippen LogP contribution is -2.60. The van der Waals surface area contributed by atoms with Gasteiger partial charge in [-0.2, -0.15) is 0 Å². The summed E-state index contributed by atoms with van der Waals surface area (Å²) in [7, 11) is 4.14. The van der Waals surface area contributed by atoms with Crippen LogP contribution in [0.3, 0.4) is 0 Å². The van der Waals surface area contributed by atoms with Crippen molar-refractivity contribution in [1.82, 2.24) is 14.7 Å². The summed E-state index contributed by atoms with van der Waals surface area (Å²) < 4.78 is 42.8. The molecule has 2 fully saturated rings. The third kappa shape index (κ3) is 4.27. The Morgan fingerprint density at radius 2 is 1.81 bits per heavy atom. The molecule has 4 rings (SSSR count). The molecule has 1 amide bonds. The van der Waals surface area contributed by atoms with Gasteiger partial charge >= 0.3 is 0 Å². The predicted molar refractivity (Wildman–Crippen MR) is 114 cm³/mol. The zero-order valence-electron chi connectivity index (χ0n) is 18.0. The maximum Gasteiger partial charge on any atom is 0.256 e. The van der Waals surface area contributed by atoms with Crippen molar-refractivity contribution >= 4 is 17.3 Å². The third-order valence-electron chi connectivity index (χ3n) is 6.30. The van der Waals surface area contributed by atoms with E-state index in [2.05, 4.69) is 29.2 Å². The minimum absolute atomic E-state index is 0.00934. The lowest BCUT2D eigenvalue weighted by Gasteiger charge is -2.44. The average Bonchev–Trinajstić information content (AvgIpc) is 3.16. The Hall–Kier alpha value is -2.58. The fourth-order valence-electron chi connectivity index (χ4n) is 4.25. The van der Waals surface area contributed by atoms with E-state index in [-0.39, 0.29) is 23.0 Å². The lowest BCUT2D eigenvalue weighted by molar-refractivity contribution is 0.0319. The van der Waals surface area contributed by atoms with E-state index in [4.69, 9.17) is 0 Å². The van der Waals surface area contributed by atoms with Gasteiger partial charge in [0.15, 0.2) is 11.6 Å². The first-order chi connectivity index (χ1) is 14.7. The van der Waals surface area contributed by atoms with Crippen molar-refractivity contribution in [2.75, 3.05) is 45.6 Å². The van der Waals surface area contributed by atoms with Crippen LogP contribution in [0.1, 0.15) is 22.3 Å². The Balaban J connectivity index is 1.50. The molecule has 0 spiro atoms. The highest BCUT2D eigenvalue weighted by molar-refractivity contribution is 6.01. The molecule has 31 heavy (non-hydrogen) atoms. The van der Waals surface area contributed by atoms with Crippen molar-refractivity contribution in [3.8, 4) is 0 Å². The zero-order valence-corrected chi connectivity index (χ0v) is 18.0. The van der Waals surface area contributed by atoms with E-state index >= 15 is 0 Å². The van der Waals surface area contributed by atoms with Crippen molar-refractivity contribution < 1.29 is 18.0 Å². The predicted octanol–water partition coefficient (Wildman–Crippen LogP) is 3.62. The largest absolute Gasteiger partial charge is 0.350 e. The molecule has 0 bridgehead atoms. The first kappa shape index (κ1) is 21.6. The molecule has 166 valence electrons. The molecule has 1 unspecified atom stereocenters. The van der Waals surface area contributed by atoms with Gasteiger partial charge in [0.2, 0.25) is 0 Å². The van der Waals surface area contributed by atoms with E-state index in [1.54, 1.807) is 17.9 Å². The molecule has 0 aromatic heterocycles. The summed E-state index contributed by atoms with van der Waals surface area (Å²) in [5.74, 6) is -3.29. The van der Waals surface area contributed by atoms with Gasteiger partial charge in [0.25, 0.3) is 5.91 Å². The molecule has 2 heterocycles. The van der Waals surface area contributed by atoms with Crippen LogP contribution in [0.25, 0.3) is 0 Å². The van der Waals surface area contributed by atoms with Gasteiger partial charge in [-0.1, -0.05) is 6.07 Å². The van der Waals surface area contributed by atoms with Gasteiger partial charge in [-0.05, 0) is 57.3 Å². The molecular weight excluding hydrogens is 405 g/mol. The normalized spacial score (nSPS) is 19.7. The molecule has 8 heteroatoms. The molecule has 0 radical (unpaired) electrons. The molecule has 2 aromatic rings. The van der Waals surface area contributed by atoms with Crippen LogP contribution >= 0.6 is 0 Å². The quantitative estimate of drug-likeness (QED) is 0.784. The highest BCUT2D eigenvalue weighted by Crippen LogP contribution is 2.31. The molecule has 2 saturated heterocycles.